The van der Waals surface area contributed by atoms with Gasteiger partial charge in [0, 0.05) is 69.4 Å². The van der Waals surface area contributed by atoms with Crippen LogP contribution in [0.2, 0.25) is 0 Å². The Bertz CT molecular complexity index is 2720. The minimum absolute atomic E-state index is 0. The number of fused-ring (bicyclic) bond motifs is 1. The fourth-order valence-electron chi connectivity index (χ4n) is 13.3. The number of amidine groups is 1. The first kappa shape index (κ1) is 101. The third-order valence-electron chi connectivity index (χ3n) is 18.6. The van der Waals surface area contributed by atoms with Gasteiger partial charge in [0.15, 0.2) is 10.3 Å². The van der Waals surface area contributed by atoms with Gasteiger partial charge in [0.05, 0.1) is 18.4 Å². The van der Waals surface area contributed by atoms with E-state index in [1.165, 1.54) is 190 Å². The molecule has 0 aromatic heterocycles. The molecule has 0 unspecified atom stereocenters. The molecule has 13 nitrogen and oxygen atoms in total. The van der Waals surface area contributed by atoms with Crippen LogP contribution in [0, 0.1) is 29.1 Å². The highest BCUT2D eigenvalue weighted by Crippen LogP contribution is 2.59. The molecule has 4 saturated carbocycles. The Morgan fingerprint density at radius 1 is 0.553 bits per heavy atom. The molecule has 23 heteroatoms. The Balaban J connectivity index is 0.00000121. The first-order valence-corrected chi connectivity index (χ1v) is 48.3. The summed E-state index contributed by atoms with van der Waals surface area (Å²) < 4.78 is 9.63. The lowest BCUT2D eigenvalue weighted by Gasteiger charge is -2.21. The van der Waals surface area contributed by atoms with Crippen molar-refractivity contribution in [3.8, 4) is 0 Å². The lowest BCUT2D eigenvalue weighted by Crippen LogP contribution is -2.18. The van der Waals surface area contributed by atoms with E-state index in [1.54, 1.807) is 6.92 Å². The predicted octanol–water partition coefficient (Wildman–Crippen LogP) is 22.7. The summed E-state index contributed by atoms with van der Waals surface area (Å²) >= 11 is 27.9. The van der Waals surface area contributed by atoms with Gasteiger partial charge in [-0.1, -0.05) is 272 Å². The number of aliphatic hydroxyl groups excluding tert-OH is 2. The summed E-state index contributed by atoms with van der Waals surface area (Å²) in [6.07, 6.45) is 42.8. The Labute approximate surface area is 684 Å². The number of hydrogen-bond donors (Lipinski definition) is 7. The van der Waals surface area contributed by atoms with Crippen LogP contribution in [0.25, 0.3) is 0 Å². The third kappa shape index (κ3) is 56.9. The molecule has 6 aliphatic rings. The second kappa shape index (κ2) is 69.3. The average molecular weight is 1850 g/mol. The van der Waals surface area contributed by atoms with Crippen molar-refractivity contribution in [1.29, 1.82) is 5.41 Å². The molecule has 0 atom stereocenters. The largest absolute Gasteiger partial charge is 0.461 e. The number of cyclic esters (lactones) is 1. The number of benzene rings is 4. The third-order valence-corrected chi connectivity index (χ3v) is 19.9. The number of halogens is 7. The minimum atomic E-state index is -0.183. The maximum Gasteiger partial charge on any atom is 0.310 e. The lowest BCUT2D eigenvalue weighted by atomic mass is 9.85. The number of hydrogen-bond acceptors (Lipinski definition) is 12. The van der Waals surface area contributed by atoms with Gasteiger partial charge in [0.25, 0.3) is 0 Å². The zero-order valence-corrected chi connectivity index (χ0v) is 73.6. The van der Waals surface area contributed by atoms with Crippen molar-refractivity contribution in [2.24, 2.45) is 46.6 Å². The molecule has 4 aliphatic carbocycles. The van der Waals surface area contributed by atoms with Crippen molar-refractivity contribution in [1.82, 2.24) is 0 Å². The predicted molar refractivity (Wildman–Crippen MR) is 463 cm³/mol. The van der Waals surface area contributed by atoms with E-state index in [0.717, 1.165) is 108 Å². The van der Waals surface area contributed by atoms with E-state index in [2.05, 4.69) is 98.2 Å². The molecule has 0 radical (unpaired) electrons. The standard InChI is InChI=1S/C19H28N2OS.C18H25BrO.C18H26O2.C9H8O2.C8H17N.C4H8O.C2H6O.CH2Cl2.CH4N2S.Br3P.BrH/c20-19(21)23-14-17-11-5-4-10-16(17)13-18(22)12-6-9-15-7-2-1-3-8-15;2*19-14-17-11-5-4-10-16(17)13-18(20)12-6-9-15-7-2-1-3-8-15;10-9-5-7-3-1-2-4-8(7)6-11-9;9-7-6-8-4-2-1-3-5-8;1-2-4-5-3-1;1-2-3;2-1-3;2-1(3)4;1-4(2)3;/h4-5,10-11,15H,1-3,6-9,12-14H2,(H3,20,21);4-5,10-11,15H,1-3,6-9,12-14H2;4-5,10-11,15,19H,1-3,6-9,12-14H2;1-4H,5-6H2;8H,1-7,9H2;1-4H2;3H,2H2,1H3;1H2;(H4,2,3,4);;1H. The molecule has 5 fully saturated rings. The number of thiocarbonyl (C=S) groups is 1. The fourth-order valence-corrected chi connectivity index (χ4v) is 14.5. The van der Waals surface area contributed by atoms with E-state index in [0.29, 0.717) is 68.2 Å². The van der Waals surface area contributed by atoms with Gasteiger partial charge < -0.3 is 42.6 Å². The first-order valence-electron chi connectivity index (χ1n) is 37.3. The molecular weight excluding hydrogens is 1720 g/mol. The van der Waals surface area contributed by atoms with Gasteiger partial charge in [0.2, 0.25) is 0 Å². The molecule has 103 heavy (non-hydrogen) atoms. The number of aliphatic hydroxyl groups is 2. The second-order valence-corrected chi connectivity index (χ2v) is 44.8. The van der Waals surface area contributed by atoms with E-state index in [4.69, 9.17) is 54.7 Å². The van der Waals surface area contributed by atoms with Crippen molar-refractivity contribution in [3.63, 3.8) is 0 Å². The van der Waals surface area contributed by atoms with Crippen molar-refractivity contribution < 1.29 is 38.9 Å². The van der Waals surface area contributed by atoms with Gasteiger partial charge >= 0.3 is 5.97 Å². The first-order chi connectivity index (χ1) is 49.3. The van der Waals surface area contributed by atoms with Gasteiger partial charge in [-0.25, -0.2) is 0 Å². The van der Waals surface area contributed by atoms with Crippen LogP contribution in [0.1, 0.15) is 257 Å². The average Bonchev–Trinajstić information content (AvgIpc) is 1.25. The number of nitrogens with two attached hydrogens (primary N) is 4. The molecule has 0 bridgehead atoms. The molecular formula is C80H125Br5Cl2N5O8PS2. The topological polar surface area (TPSA) is 255 Å². The smallest absolute Gasteiger partial charge is 0.310 e. The highest BCUT2D eigenvalue weighted by atomic mass is 80.0. The zero-order valence-electron chi connectivity index (χ0n) is 61.5. The molecule has 0 amide bonds. The van der Waals surface area contributed by atoms with Gasteiger partial charge in [-0.3, -0.25) is 24.6 Å². The number of alkyl halides is 3. The summed E-state index contributed by atoms with van der Waals surface area (Å²) in [5.74, 6) is 5.17. The van der Waals surface area contributed by atoms with Gasteiger partial charge in [-0.15, -0.1) is 40.2 Å². The molecule has 2 heterocycles. The van der Waals surface area contributed by atoms with Gasteiger partial charge in [-0.05, 0) is 179 Å². The zero-order chi connectivity index (χ0) is 75.2. The molecule has 4 aromatic rings. The van der Waals surface area contributed by atoms with Gasteiger partial charge in [-0.2, -0.15) is 0 Å². The summed E-state index contributed by atoms with van der Waals surface area (Å²) in [6, 6.07) is 31.8. The Hall–Kier alpha value is -1.88. The van der Waals surface area contributed by atoms with E-state index in [-0.39, 0.29) is 55.8 Å². The number of carbonyl (C=O) groups excluding carboxylic acids is 4. The van der Waals surface area contributed by atoms with Crippen molar-refractivity contribution in [2.75, 3.05) is 31.7 Å². The monoisotopic (exact) mass is 1840 g/mol. The molecule has 584 valence electrons. The van der Waals surface area contributed by atoms with E-state index < -0.39 is 0 Å². The Kier molecular flexibility index (Phi) is 68.1. The molecule has 1 saturated heterocycles. The normalized spacial score (nSPS) is 15.5. The number of Topliss-reactive ketones (excluding diaryl/α,β-unsaturated/α-hetero) is 3. The summed E-state index contributed by atoms with van der Waals surface area (Å²) in [5, 5.41) is 25.3. The molecule has 10 rings (SSSR count). The summed E-state index contributed by atoms with van der Waals surface area (Å²) in [7, 11) is 0. The molecule has 11 N–H and O–H groups in total. The molecule has 4 aromatic carbocycles. The fraction of sp³-hybridized carbons (Fsp3) is 0.625. The number of carbonyl (C=O) groups is 4. The van der Waals surface area contributed by atoms with Crippen molar-refractivity contribution in [2.45, 2.75) is 262 Å². The van der Waals surface area contributed by atoms with Crippen molar-refractivity contribution >= 4 is 164 Å². The van der Waals surface area contributed by atoms with E-state index in [1.807, 2.05) is 84.9 Å². The quantitative estimate of drug-likeness (QED) is 0.00860. The van der Waals surface area contributed by atoms with Crippen LogP contribution in [-0.2, 0) is 78.6 Å². The Morgan fingerprint density at radius 2 is 0.864 bits per heavy atom. The number of ether oxygens (including phenoxy) is 2. The van der Waals surface area contributed by atoms with Crippen molar-refractivity contribution in [3.05, 3.63) is 142 Å². The number of esters is 1. The van der Waals surface area contributed by atoms with Crippen LogP contribution in [0.5, 0.6) is 0 Å². The summed E-state index contributed by atoms with van der Waals surface area (Å²) in [5.41, 5.74) is 28.8. The van der Waals surface area contributed by atoms with Crippen LogP contribution >= 0.6 is 131 Å². The van der Waals surface area contributed by atoms with Crippen LogP contribution in [0.3, 0.4) is 0 Å². The SMILES string of the molecule is Br.BrP(Br)Br.C1CCOC1.CCO.ClCCl.N=C(N)SCc1ccccc1CC(=O)CCCC1CCCCC1.NC(N)=S.NCCC1CCCCC1.O=C(CCCC1CCCCC1)Cc1ccccc1CBr.O=C(CCCC1CCCCC1)Cc1ccccc1CO.O=C1Cc2ccccc2CO1. The Morgan fingerprint density at radius 3 is 1.19 bits per heavy atom. The highest BCUT2D eigenvalue weighted by Gasteiger charge is 2.19. The minimum Gasteiger partial charge on any atom is -0.461 e. The van der Waals surface area contributed by atoms with Crippen LogP contribution < -0.4 is 22.9 Å². The summed E-state index contributed by atoms with van der Waals surface area (Å²) in [6.45, 7) is 5.28. The molecule has 0 spiro atoms. The number of thioether (sulfide) groups is 1. The number of ketones is 3. The lowest BCUT2D eigenvalue weighted by molar-refractivity contribution is -0.145. The second-order valence-electron chi connectivity index (χ2n) is 26.6. The maximum absolute atomic E-state index is 12.3. The number of nitrogens with one attached hydrogen (secondary N) is 1. The maximum atomic E-state index is 12.3. The van der Waals surface area contributed by atoms with Gasteiger partial charge in [0.1, 0.15) is 28.0 Å². The van der Waals surface area contributed by atoms with Crippen LogP contribution in [0.15, 0.2) is 97.1 Å². The number of rotatable bonds is 24. The highest BCUT2D eigenvalue weighted by molar-refractivity contribution is 9.93. The van der Waals surface area contributed by atoms with Crippen LogP contribution in [-0.4, -0.2) is 75.5 Å². The van der Waals surface area contributed by atoms with Crippen LogP contribution in [0.4, 0.5) is 0 Å². The van der Waals surface area contributed by atoms with E-state index >= 15 is 0 Å². The van der Waals surface area contributed by atoms with E-state index in [9.17, 15) is 24.3 Å². The molecule has 2 aliphatic heterocycles. The summed E-state index contributed by atoms with van der Waals surface area (Å²) in [4.78, 5) is 47.2.